The van der Waals surface area contributed by atoms with Crippen molar-refractivity contribution in [3.05, 3.63) is 35.1 Å². The smallest absolute Gasteiger partial charge is 0.257 e. The van der Waals surface area contributed by atoms with Gasteiger partial charge in [-0.05, 0) is 31.4 Å². The first-order chi connectivity index (χ1) is 9.15. The maximum atomic E-state index is 14.1. The number of hydrogen-bond acceptors (Lipinski definition) is 2. The maximum Gasteiger partial charge on any atom is 0.257 e. The molecule has 0 bridgehead atoms. The zero-order chi connectivity index (χ0) is 13.8. The highest BCUT2D eigenvalue weighted by atomic mass is 19.1. The second kappa shape index (κ2) is 6.15. The number of nitrogens with zero attached hydrogens (tertiary/aromatic N) is 1. The predicted molar refractivity (Wildman–Crippen MR) is 73.5 cm³/mol. The molecular weight excluding hydrogens is 243 g/mol. The van der Waals surface area contributed by atoms with E-state index in [0.29, 0.717) is 18.7 Å². The van der Waals surface area contributed by atoms with E-state index in [4.69, 9.17) is 5.73 Å². The fraction of sp³-hybridized carbons (Fsp3) is 0.533. The van der Waals surface area contributed by atoms with Crippen LogP contribution in [-0.2, 0) is 0 Å². The Labute approximate surface area is 113 Å². The normalized spacial score (nSPS) is 20.2. The molecule has 1 aliphatic rings. The van der Waals surface area contributed by atoms with Gasteiger partial charge in [0.1, 0.15) is 5.82 Å². The van der Waals surface area contributed by atoms with E-state index in [0.717, 1.165) is 25.7 Å². The third kappa shape index (κ3) is 2.95. The minimum Gasteiger partial charge on any atom is -0.334 e. The van der Waals surface area contributed by atoms with Crippen molar-refractivity contribution < 1.29 is 9.18 Å². The lowest BCUT2D eigenvalue weighted by Gasteiger charge is -2.29. The average molecular weight is 264 g/mol. The molecule has 1 unspecified atom stereocenters. The largest absolute Gasteiger partial charge is 0.334 e. The fourth-order valence-electron chi connectivity index (χ4n) is 2.66. The number of carbonyl (C=O) groups is 1. The second-order valence-electron chi connectivity index (χ2n) is 5.17. The first-order valence-corrected chi connectivity index (χ1v) is 6.91. The summed E-state index contributed by atoms with van der Waals surface area (Å²) >= 11 is 0. The van der Waals surface area contributed by atoms with Crippen molar-refractivity contribution in [3.63, 3.8) is 0 Å². The van der Waals surface area contributed by atoms with E-state index in [-0.39, 0.29) is 17.5 Å². The Morgan fingerprint density at radius 1 is 1.42 bits per heavy atom. The molecule has 0 aromatic heterocycles. The van der Waals surface area contributed by atoms with Crippen molar-refractivity contribution >= 4 is 5.91 Å². The summed E-state index contributed by atoms with van der Waals surface area (Å²) in [4.78, 5) is 14.3. The van der Waals surface area contributed by atoms with E-state index in [9.17, 15) is 9.18 Å². The van der Waals surface area contributed by atoms with E-state index in [2.05, 4.69) is 0 Å². The van der Waals surface area contributed by atoms with E-state index in [1.54, 1.807) is 30.0 Å². The highest BCUT2D eigenvalue weighted by Gasteiger charge is 2.27. The lowest BCUT2D eigenvalue weighted by Crippen LogP contribution is -2.44. The molecule has 1 aromatic carbocycles. The van der Waals surface area contributed by atoms with Gasteiger partial charge in [-0.1, -0.05) is 25.0 Å². The van der Waals surface area contributed by atoms with Crippen molar-refractivity contribution in [2.75, 3.05) is 13.1 Å². The van der Waals surface area contributed by atoms with Gasteiger partial charge in [-0.2, -0.15) is 0 Å². The van der Waals surface area contributed by atoms with Crippen molar-refractivity contribution in [2.45, 2.75) is 38.6 Å². The fourth-order valence-corrected chi connectivity index (χ4v) is 2.66. The van der Waals surface area contributed by atoms with Crippen LogP contribution in [0.1, 0.15) is 41.6 Å². The number of likely N-dealkylation sites (tertiary alicyclic amines) is 1. The van der Waals surface area contributed by atoms with Gasteiger partial charge in [-0.3, -0.25) is 4.79 Å². The van der Waals surface area contributed by atoms with Gasteiger partial charge >= 0.3 is 0 Å². The molecule has 1 aliphatic heterocycles. The summed E-state index contributed by atoms with van der Waals surface area (Å²) in [6.45, 7) is 2.79. The topological polar surface area (TPSA) is 46.3 Å². The van der Waals surface area contributed by atoms with Crippen LogP contribution in [0.2, 0.25) is 0 Å². The highest BCUT2D eigenvalue weighted by Crippen LogP contribution is 2.21. The van der Waals surface area contributed by atoms with Gasteiger partial charge in [0.05, 0.1) is 5.56 Å². The Morgan fingerprint density at radius 2 is 2.21 bits per heavy atom. The van der Waals surface area contributed by atoms with Crippen LogP contribution in [-0.4, -0.2) is 29.9 Å². The molecule has 1 fully saturated rings. The SMILES string of the molecule is Cc1cccc(C(=O)N2CCCCCC2CN)c1F. The van der Waals surface area contributed by atoms with Crippen LogP contribution in [0.25, 0.3) is 0 Å². The van der Waals surface area contributed by atoms with Gasteiger partial charge in [-0.15, -0.1) is 0 Å². The first kappa shape index (κ1) is 14.0. The third-order valence-corrected chi connectivity index (χ3v) is 3.83. The van der Waals surface area contributed by atoms with Crippen molar-refractivity contribution in [1.29, 1.82) is 0 Å². The van der Waals surface area contributed by atoms with Gasteiger partial charge in [0.2, 0.25) is 0 Å². The number of amides is 1. The number of rotatable bonds is 2. The quantitative estimate of drug-likeness (QED) is 0.892. The molecule has 1 atom stereocenters. The second-order valence-corrected chi connectivity index (χ2v) is 5.17. The molecular formula is C15H21FN2O. The van der Waals surface area contributed by atoms with Crippen LogP contribution >= 0.6 is 0 Å². The third-order valence-electron chi connectivity index (χ3n) is 3.83. The summed E-state index contributed by atoms with van der Waals surface area (Å²) in [5, 5.41) is 0. The minimum atomic E-state index is -0.410. The van der Waals surface area contributed by atoms with Crippen LogP contribution in [0, 0.1) is 12.7 Å². The molecule has 1 heterocycles. The highest BCUT2D eigenvalue weighted by molar-refractivity contribution is 5.95. The van der Waals surface area contributed by atoms with Crippen LogP contribution < -0.4 is 5.73 Å². The molecule has 0 radical (unpaired) electrons. The number of carbonyl (C=O) groups excluding carboxylic acids is 1. The van der Waals surface area contributed by atoms with Crippen molar-refractivity contribution in [1.82, 2.24) is 4.90 Å². The predicted octanol–water partition coefficient (Wildman–Crippen LogP) is 2.48. The number of hydrogen-bond donors (Lipinski definition) is 1. The van der Waals surface area contributed by atoms with Gasteiger partial charge in [0.25, 0.3) is 5.91 Å². The first-order valence-electron chi connectivity index (χ1n) is 6.91. The van der Waals surface area contributed by atoms with Crippen LogP contribution in [0.5, 0.6) is 0 Å². The van der Waals surface area contributed by atoms with Crippen LogP contribution in [0.4, 0.5) is 4.39 Å². The molecule has 4 heteroatoms. The number of halogens is 1. The number of benzene rings is 1. The Morgan fingerprint density at radius 3 is 2.95 bits per heavy atom. The molecule has 0 spiro atoms. The Hall–Kier alpha value is -1.42. The maximum absolute atomic E-state index is 14.1. The molecule has 1 saturated heterocycles. The van der Waals surface area contributed by atoms with Gasteiger partial charge in [0.15, 0.2) is 0 Å². The lowest BCUT2D eigenvalue weighted by molar-refractivity contribution is 0.0684. The number of nitrogens with two attached hydrogens (primary N) is 1. The summed E-state index contributed by atoms with van der Waals surface area (Å²) in [7, 11) is 0. The van der Waals surface area contributed by atoms with Gasteiger partial charge in [0, 0.05) is 19.1 Å². The Kier molecular flexibility index (Phi) is 4.53. The van der Waals surface area contributed by atoms with Crippen molar-refractivity contribution in [2.24, 2.45) is 5.73 Å². The van der Waals surface area contributed by atoms with E-state index in [1.807, 2.05) is 0 Å². The molecule has 2 N–H and O–H groups in total. The summed E-state index contributed by atoms with van der Waals surface area (Å²) in [5.74, 6) is -0.633. The lowest BCUT2D eigenvalue weighted by atomic mass is 10.1. The molecule has 2 rings (SSSR count). The van der Waals surface area contributed by atoms with Crippen LogP contribution in [0.15, 0.2) is 18.2 Å². The zero-order valence-electron chi connectivity index (χ0n) is 11.4. The summed E-state index contributed by atoms with van der Waals surface area (Å²) in [5.41, 5.74) is 6.43. The monoisotopic (exact) mass is 264 g/mol. The summed E-state index contributed by atoms with van der Waals surface area (Å²) in [6.07, 6.45) is 4.07. The van der Waals surface area contributed by atoms with Crippen molar-refractivity contribution in [3.8, 4) is 0 Å². The Bertz CT molecular complexity index is 461. The minimum absolute atomic E-state index is 0.0370. The van der Waals surface area contributed by atoms with E-state index < -0.39 is 5.82 Å². The molecule has 0 saturated carbocycles. The zero-order valence-corrected chi connectivity index (χ0v) is 11.4. The molecule has 1 aromatic rings. The summed E-state index contributed by atoms with van der Waals surface area (Å²) in [6, 6.07) is 4.99. The molecule has 19 heavy (non-hydrogen) atoms. The molecule has 0 aliphatic carbocycles. The molecule has 1 amide bonds. The van der Waals surface area contributed by atoms with Gasteiger partial charge < -0.3 is 10.6 Å². The Balaban J connectivity index is 2.28. The summed E-state index contributed by atoms with van der Waals surface area (Å²) < 4.78 is 14.1. The van der Waals surface area contributed by atoms with Gasteiger partial charge in [-0.25, -0.2) is 4.39 Å². The number of aryl methyl sites for hydroxylation is 1. The molecule has 104 valence electrons. The standard InChI is InChI=1S/C15H21FN2O/c1-11-6-5-8-13(14(11)16)15(19)18-9-4-2-3-7-12(18)10-17/h5-6,8,12H,2-4,7,9-10,17H2,1H3. The average Bonchev–Trinajstić information content (AvgIpc) is 2.66. The van der Waals surface area contributed by atoms with E-state index >= 15 is 0 Å². The molecule has 3 nitrogen and oxygen atoms in total. The van der Waals surface area contributed by atoms with E-state index in [1.165, 1.54) is 0 Å². The van der Waals surface area contributed by atoms with Crippen LogP contribution in [0.3, 0.4) is 0 Å².